The number of fused-ring (bicyclic) bond motifs is 2. The van der Waals surface area contributed by atoms with Crippen molar-refractivity contribution in [2.24, 2.45) is 0 Å². The molecular weight excluding hydrogens is 455 g/mol. The first-order valence-electron chi connectivity index (χ1n) is 10.4. The summed E-state index contributed by atoms with van der Waals surface area (Å²) < 4.78 is 4.75. The van der Waals surface area contributed by atoms with E-state index in [9.17, 15) is 0 Å². The third kappa shape index (κ3) is 6.37. The smallest absolute Gasteiger partial charge is 0.307 e. The summed E-state index contributed by atoms with van der Waals surface area (Å²) in [5, 5.41) is 8.99. The zero-order chi connectivity index (χ0) is 23.4. The number of aromatic nitrogens is 6. The highest BCUT2D eigenvalue weighted by Gasteiger charge is 2.18. The van der Waals surface area contributed by atoms with E-state index < -0.39 is 0 Å². The summed E-state index contributed by atoms with van der Waals surface area (Å²) in [5.74, 6) is 1.43. The Balaban J connectivity index is 0.000000204. The summed E-state index contributed by atoms with van der Waals surface area (Å²) in [6.45, 7) is 16.8. The molecule has 4 aromatic heterocycles. The predicted octanol–water partition coefficient (Wildman–Crippen LogP) is 3.81. The second-order valence-corrected chi connectivity index (χ2v) is 9.98. The lowest BCUT2D eigenvalue weighted by Crippen LogP contribution is -2.15. The van der Waals surface area contributed by atoms with Crippen molar-refractivity contribution in [2.45, 2.75) is 66.2 Å². The van der Waals surface area contributed by atoms with Crippen LogP contribution < -0.4 is 5.46 Å². The van der Waals surface area contributed by atoms with Gasteiger partial charge >= 0.3 is 7.48 Å². The first-order chi connectivity index (χ1) is 14.5. The summed E-state index contributed by atoms with van der Waals surface area (Å²) in [6, 6.07) is 0. The first kappa shape index (κ1) is 25.0. The Morgan fingerprint density at radius 3 is 1.68 bits per heavy atom. The molecule has 0 saturated carbocycles. The molecule has 31 heavy (non-hydrogen) atoms. The summed E-state index contributed by atoms with van der Waals surface area (Å²) in [6.07, 6.45) is 11.2. The van der Waals surface area contributed by atoms with Gasteiger partial charge in [-0.1, -0.05) is 55.4 Å². The zero-order valence-electron chi connectivity index (χ0n) is 19.7. The van der Waals surface area contributed by atoms with Gasteiger partial charge in [-0.2, -0.15) is 0 Å². The molecule has 0 fully saturated rings. The molecule has 9 heteroatoms. The van der Waals surface area contributed by atoms with Crippen LogP contribution in [0.15, 0.2) is 41.7 Å². The van der Waals surface area contributed by atoms with E-state index in [0.29, 0.717) is 5.78 Å². The fraction of sp³-hybridized carbons (Fsp3) is 0.455. The van der Waals surface area contributed by atoms with Crippen LogP contribution in [-0.2, 0) is 10.8 Å². The summed E-state index contributed by atoms with van der Waals surface area (Å²) in [7, 11) is 0.00592. The van der Waals surface area contributed by atoms with Crippen molar-refractivity contribution < 1.29 is 5.02 Å². The Morgan fingerprint density at radius 1 is 0.774 bits per heavy atom. The van der Waals surface area contributed by atoms with E-state index in [1.54, 1.807) is 12.4 Å². The van der Waals surface area contributed by atoms with Crippen LogP contribution >= 0.6 is 15.9 Å². The molecule has 0 aliphatic carbocycles. The van der Waals surface area contributed by atoms with Gasteiger partial charge in [0.2, 0.25) is 11.6 Å². The van der Waals surface area contributed by atoms with Crippen molar-refractivity contribution in [1.29, 1.82) is 0 Å². The lowest BCUT2D eigenvalue weighted by atomic mass is 9.92. The molecule has 4 aromatic rings. The average Bonchev–Trinajstić information content (AvgIpc) is 3.32. The van der Waals surface area contributed by atoms with Gasteiger partial charge in [0.1, 0.15) is 0 Å². The van der Waals surface area contributed by atoms with Gasteiger partial charge in [0.25, 0.3) is 0 Å². The van der Waals surface area contributed by atoms with Crippen LogP contribution in [0.25, 0.3) is 11.6 Å². The molecule has 0 aliphatic heterocycles. The lowest BCUT2D eigenvalue weighted by molar-refractivity contribution is 0.572. The predicted molar refractivity (Wildman–Crippen MR) is 131 cm³/mol. The Hall–Kier alpha value is -2.26. The highest BCUT2D eigenvalue weighted by Crippen LogP contribution is 2.22. The molecule has 4 heterocycles. The van der Waals surface area contributed by atoms with Crippen molar-refractivity contribution in [3.8, 4) is 0 Å². The molecule has 0 spiro atoms. The van der Waals surface area contributed by atoms with Crippen LogP contribution in [-0.4, -0.2) is 41.2 Å². The highest BCUT2D eigenvalue weighted by atomic mass is 79.9. The number of imidazole rings is 2. The summed E-state index contributed by atoms with van der Waals surface area (Å²) in [4.78, 5) is 17.3. The minimum absolute atomic E-state index is 0.00592. The second kappa shape index (κ2) is 9.91. The second-order valence-electron chi connectivity index (χ2n) is 9.06. The third-order valence-corrected chi connectivity index (χ3v) is 4.77. The fourth-order valence-corrected chi connectivity index (χ4v) is 2.91. The number of hydrogen-bond donors (Lipinski definition) is 1. The van der Waals surface area contributed by atoms with E-state index >= 15 is 0 Å². The van der Waals surface area contributed by atoms with Crippen LogP contribution in [0.2, 0.25) is 0 Å². The van der Waals surface area contributed by atoms with Gasteiger partial charge in [-0.25, -0.2) is 19.9 Å². The van der Waals surface area contributed by atoms with E-state index in [-0.39, 0.29) is 18.3 Å². The zero-order valence-corrected chi connectivity index (χ0v) is 21.3. The van der Waals surface area contributed by atoms with Gasteiger partial charge in [0.15, 0.2) is 0 Å². The van der Waals surface area contributed by atoms with Gasteiger partial charge in [0.05, 0.1) is 15.9 Å². The molecule has 0 amide bonds. The Labute approximate surface area is 193 Å². The van der Waals surface area contributed by atoms with Crippen molar-refractivity contribution >= 4 is 40.4 Å². The van der Waals surface area contributed by atoms with Gasteiger partial charge in [-0.05, 0) is 21.4 Å². The molecule has 0 atom stereocenters. The molecule has 0 aliphatic rings. The van der Waals surface area contributed by atoms with Gasteiger partial charge in [-0.3, -0.25) is 8.80 Å². The van der Waals surface area contributed by atoms with Crippen molar-refractivity contribution in [2.75, 3.05) is 0 Å². The van der Waals surface area contributed by atoms with Crippen molar-refractivity contribution in [1.82, 2.24) is 28.7 Å². The molecule has 0 saturated heterocycles. The summed E-state index contributed by atoms with van der Waals surface area (Å²) >= 11 is 3.38. The van der Waals surface area contributed by atoms with Crippen LogP contribution in [0, 0.1) is 0 Å². The maximum Gasteiger partial charge on any atom is 0.307 e. The molecule has 0 bridgehead atoms. The summed E-state index contributed by atoms with van der Waals surface area (Å²) in [5.41, 5.74) is 2.95. The van der Waals surface area contributed by atoms with Gasteiger partial charge in [-0.15, -0.1) is 0 Å². The highest BCUT2D eigenvalue weighted by molar-refractivity contribution is 9.10. The van der Waals surface area contributed by atoms with Crippen LogP contribution in [0.5, 0.6) is 0 Å². The van der Waals surface area contributed by atoms with E-state index in [0.717, 1.165) is 27.1 Å². The lowest BCUT2D eigenvalue weighted by Gasteiger charge is -2.13. The maximum absolute atomic E-state index is 8.99. The third-order valence-electron chi connectivity index (χ3n) is 4.36. The molecule has 166 valence electrons. The van der Waals surface area contributed by atoms with E-state index in [1.807, 2.05) is 47.4 Å². The molecule has 7 nitrogen and oxygen atoms in total. The Morgan fingerprint density at radius 2 is 1.23 bits per heavy atom. The average molecular weight is 487 g/mol. The minimum Gasteiger partial charge on any atom is -0.449 e. The van der Waals surface area contributed by atoms with Crippen LogP contribution in [0.1, 0.15) is 66.8 Å². The number of nitrogens with zero attached hydrogens (tertiary/aromatic N) is 6. The SMILES string of the molecule is CC.CC(C)(C)c1cn2cc(BO)cnc2n1.CC(C)(C)c1cn2cc(Br)cnc2n1. The normalized spacial score (nSPS) is 11.5. The van der Waals surface area contributed by atoms with E-state index in [1.165, 1.54) is 0 Å². The molecule has 1 N–H and O–H groups in total. The van der Waals surface area contributed by atoms with Gasteiger partial charge in [0, 0.05) is 48.0 Å². The topological polar surface area (TPSA) is 80.6 Å². The fourth-order valence-electron chi connectivity index (χ4n) is 2.59. The van der Waals surface area contributed by atoms with Crippen molar-refractivity contribution in [3.05, 3.63) is 53.0 Å². The molecule has 0 radical (unpaired) electrons. The Bertz CT molecular complexity index is 1140. The number of halogens is 1. The Kier molecular flexibility index (Phi) is 8.00. The van der Waals surface area contributed by atoms with E-state index in [2.05, 4.69) is 77.4 Å². The molecular formula is C22H32BBrN6O. The van der Waals surface area contributed by atoms with Gasteiger partial charge < -0.3 is 5.02 Å². The monoisotopic (exact) mass is 486 g/mol. The standard InChI is InChI=1S/C10H14BN3O.C10H12BrN3.C2H6/c1-10(2,3)8-6-14-5-7(11-15)4-12-9(14)13-8;1-10(2,3)8-6-14-5-7(11)4-12-9(14)13-8;1-2/h4-6,11,15H,1-3H3;4-6H,1-3H3;1-2H3. The van der Waals surface area contributed by atoms with Crippen LogP contribution in [0.3, 0.4) is 0 Å². The molecule has 0 unspecified atom stereocenters. The minimum atomic E-state index is 0.00592. The van der Waals surface area contributed by atoms with Crippen LogP contribution in [0.4, 0.5) is 0 Å². The maximum atomic E-state index is 8.99. The van der Waals surface area contributed by atoms with Crippen molar-refractivity contribution in [3.63, 3.8) is 0 Å². The molecule has 0 aromatic carbocycles. The number of hydrogen-bond acceptors (Lipinski definition) is 5. The molecule has 4 rings (SSSR count). The largest absolute Gasteiger partial charge is 0.449 e. The van der Waals surface area contributed by atoms with E-state index in [4.69, 9.17) is 5.02 Å². The number of rotatable bonds is 1. The first-order valence-corrected chi connectivity index (χ1v) is 11.2. The quantitative estimate of drug-likeness (QED) is 0.413.